The van der Waals surface area contributed by atoms with Gasteiger partial charge < -0.3 is 0 Å². The number of hydrogen-bond acceptors (Lipinski definition) is 8. The molecule has 12 heteroatoms. The van der Waals surface area contributed by atoms with E-state index in [-0.39, 0.29) is 90.4 Å². The number of nitriles is 4. The van der Waals surface area contributed by atoms with Gasteiger partial charge >= 0.3 is 0 Å². The molecule has 0 rings (SSSR count). The fourth-order valence-electron chi connectivity index (χ4n) is 4.05. The van der Waals surface area contributed by atoms with E-state index >= 15 is 0 Å². The molecule has 0 heterocycles. The smallest absolute Gasteiger partial charge is 0.210 e. The first kappa shape index (κ1) is 32.8. The molecule has 0 radical (unpaired) electrons. The largest absolute Gasteiger partial charge is 0.235 e. The van der Waals surface area contributed by atoms with E-state index in [1.165, 1.54) is 0 Å². The van der Waals surface area contributed by atoms with Crippen LogP contribution < -0.4 is 0 Å². The Morgan fingerprint density at radius 2 is 0.829 bits per heavy atom. The second-order valence-corrected chi connectivity index (χ2v) is 13.0. The first-order valence-corrected chi connectivity index (χ1v) is 15.0. The molecule has 0 aliphatic rings. The van der Waals surface area contributed by atoms with E-state index in [0.29, 0.717) is 12.8 Å². The van der Waals surface area contributed by atoms with Gasteiger partial charge in [0.05, 0.1) is 24.3 Å². The summed E-state index contributed by atoms with van der Waals surface area (Å²) in [4.78, 5) is 0. The van der Waals surface area contributed by atoms with Crippen molar-refractivity contribution in [3.63, 3.8) is 0 Å². The molecular weight excluding hydrogens is 488 g/mol. The molecule has 0 atom stereocenters. The monoisotopic (exact) mass is 526 g/mol. The molecule has 0 amide bonds. The van der Waals surface area contributed by atoms with Crippen molar-refractivity contribution in [2.24, 2.45) is 0 Å². The van der Waals surface area contributed by atoms with Gasteiger partial charge in [-0.05, 0) is 38.5 Å². The summed E-state index contributed by atoms with van der Waals surface area (Å²) in [6.45, 7) is 3.45. The average Bonchev–Trinajstić information content (AvgIpc) is 2.81. The fourth-order valence-corrected chi connectivity index (χ4v) is 10.0. The first-order valence-electron chi connectivity index (χ1n) is 12.1. The molecule has 0 spiro atoms. The van der Waals surface area contributed by atoms with E-state index in [4.69, 9.17) is 21.0 Å². The summed E-state index contributed by atoms with van der Waals surface area (Å²) in [6, 6.07) is 7.93. The maximum Gasteiger partial charge on any atom is 0.235 e. The maximum absolute atomic E-state index is 14.2. The molecule has 0 fully saturated rings. The summed E-state index contributed by atoms with van der Waals surface area (Å²) in [5.41, 5.74) is 0. The minimum Gasteiger partial charge on any atom is -0.210 e. The van der Waals surface area contributed by atoms with Crippen LogP contribution in [0.3, 0.4) is 0 Å². The fraction of sp³-hybridized carbons (Fsp3) is 0.826. The van der Waals surface area contributed by atoms with Crippen LogP contribution >= 0.6 is 0 Å². The van der Waals surface area contributed by atoms with E-state index < -0.39 is 24.1 Å². The van der Waals surface area contributed by atoms with Crippen LogP contribution in [0.15, 0.2) is 0 Å². The van der Waals surface area contributed by atoms with Crippen molar-refractivity contribution in [3.05, 3.63) is 0 Å². The van der Waals surface area contributed by atoms with Crippen LogP contribution in [0.25, 0.3) is 0 Å². The molecule has 0 aromatic heterocycles. The minimum absolute atomic E-state index is 0.00507. The molecule has 0 unspecified atom stereocenters. The summed E-state index contributed by atoms with van der Waals surface area (Å²) in [7, 11) is -8.84. The van der Waals surface area contributed by atoms with Gasteiger partial charge in [-0.15, -0.1) is 0 Å². The molecular formula is C23H38N6O4S2. The number of unbranched alkanes of at least 4 members (excludes halogenated alkanes) is 4. The van der Waals surface area contributed by atoms with Crippen molar-refractivity contribution in [2.75, 3.05) is 26.2 Å². The topological polar surface area (TPSA) is 170 Å². The van der Waals surface area contributed by atoms with Gasteiger partial charge in [0.15, 0.2) is 0 Å². The third-order valence-corrected chi connectivity index (χ3v) is 11.7. The Hall–Kier alpha value is -2.22. The molecule has 10 nitrogen and oxygen atoms in total. The highest BCUT2D eigenvalue weighted by Gasteiger charge is 2.57. The summed E-state index contributed by atoms with van der Waals surface area (Å²) < 4.78 is 56.9. The standard InChI is InChI=1S/C23H38N6O4S2/c1-3-13-23(14-4-2,34(30,31)28(19-9-5-15-24)20-10-6-16-25)35(32,33)29(21-11-7-17-26)22-12-8-18-27/h3-14,19-22H2,1-2H3. The van der Waals surface area contributed by atoms with Gasteiger partial charge in [0.2, 0.25) is 24.1 Å². The van der Waals surface area contributed by atoms with Crippen molar-refractivity contribution in [3.8, 4) is 24.3 Å². The second-order valence-electron chi connectivity index (χ2n) is 8.27. The Labute approximate surface area is 211 Å². The summed E-state index contributed by atoms with van der Waals surface area (Å²) in [6.07, 6.45) is 1.93. The highest BCUT2D eigenvalue weighted by Crippen LogP contribution is 2.40. The highest BCUT2D eigenvalue weighted by molar-refractivity contribution is 8.08. The highest BCUT2D eigenvalue weighted by atomic mass is 32.3. The van der Waals surface area contributed by atoms with Crippen LogP contribution in [0.1, 0.15) is 90.9 Å². The minimum atomic E-state index is -4.42. The van der Waals surface area contributed by atoms with Gasteiger partial charge in [0, 0.05) is 51.9 Å². The first-order chi connectivity index (χ1) is 16.7. The molecule has 0 saturated carbocycles. The predicted molar refractivity (Wildman–Crippen MR) is 133 cm³/mol. The van der Waals surface area contributed by atoms with Gasteiger partial charge in [-0.2, -0.15) is 21.0 Å². The zero-order valence-electron chi connectivity index (χ0n) is 20.9. The number of sulfonamides is 2. The van der Waals surface area contributed by atoms with Gasteiger partial charge in [-0.3, -0.25) is 0 Å². The Morgan fingerprint density at radius 1 is 0.571 bits per heavy atom. The molecule has 0 aromatic rings. The van der Waals surface area contributed by atoms with Gasteiger partial charge in [0.1, 0.15) is 0 Å². The molecule has 0 bridgehead atoms. The van der Waals surface area contributed by atoms with Crippen molar-refractivity contribution >= 4 is 20.0 Å². The van der Waals surface area contributed by atoms with E-state index in [1.807, 2.05) is 24.3 Å². The summed E-state index contributed by atoms with van der Waals surface area (Å²) in [5.74, 6) is 0. The van der Waals surface area contributed by atoms with Crippen LogP contribution in [-0.4, -0.2) is 55.7 Å². The third kappa shape index (κ3) is 9.06. The molecule has 196 valence electrons. The summed E-state index contributed by atoms with van der Waals surface area (Å²) >= 11 is 0. The molecule has 0 N–H and O–H groups in total. The van der Waals surface area contributed by atoms with Crippen LogP contribution in [0, 0.1) is 45.3 Å². The SMILES string of the molecule is CCCC(CCC)(S(=O)(=O)N(CCCC#N)CCCC#N)S(=O)(=O)N(CCCC#N)CCCC#N. The lowest BCUT2D eigenvalue weighted by Gasteiger charge is -2.40. The molecule has 0 saturated heterocycles. The molecule has 35 heavy (non-hydrogen) atoms. The van der Waals surface area contributed by atoms with Gasteiger partial charge in [-0.25, -0.2) is 25.4 Å². The van der Waals surface area contributed by atoms with Crippen molar-refractivity contribution < 1.29 is 16.8 Å². The lowest BCUT2D eigenvalue weighted by Crippen LogP contribution is -2.58. The maximum atomic E-state index is 14.2. The Kier molecular flexibility index (Phi) is 16.2. The van der Waals surface area contributed by atoms with Crippen molar-refractivity contribution in [1.82, 2.24) is 8.61 Å². The zero-order valence-corrected chi connectivity index (χ0v) is 22.6. The summed E-state index contributed by atoms with van der Waals surface area (Å²) in [5, 5.41) is 35.7. The van der Waals surface area contributed by atoms with Crippen molar-refractivity contribution in [2.45, 2.75) is 95.0 Å². The number of rotatable bonds is 20. The third-order valence-electron chi connectivity index (χ3n) is 5.67. The molecule has 0 aliphatic carbocycles. The van der Waals surface area contributed by atoms with Crippen LogP contribution in [0.2, 0.25) is 0 Å². The number of nitrogens with zero attached hydrogens (tertiary/aromatic N) is 6. The Morgan fingerprint density at radius 3 is 1.03 bits per heavy atom. The zero-order chi connectivity index (χ0) is 26.8. The van der Waals surface area contributed by atoms with Crippen LogP contribution in [0.4, 0.5) is 0 Å². The van der Waals surface area contributed by atoms with E-state index in [9.17, 15) is 16.8 Å². The van der Waals surface area contributed by atoms with Gasteiger partial charge in [0.25, 0.3) is 0 Å². The lowest BCUT2D eigenvalue weighted by atomic mass is 10.1. The van der Waals surface area contributed by atoms with E-state index in [1.54, 1.807) is 13.8 Å². The normalized spacial score (nSPS) is 12.1. The number of hydrogen-bond donors (Lipinski definition) is 0. The van der Waals surface area contributed by atoms with E-state index in [0.717, 1.165) is 8.61 Å². The molecule has 0 aromatic carbocycles. The van der Waals surface area contributed by atoms with E-state index in [2.05, 4.69) is 0 Å². The second kappa shape index (κ2) is 17.2. The Balaban J connectivity index is 6.71. The molecule has 0 aliphatic heterocycles. The quantitative estimate of drug-likeness (QED) is 0.216. The van der Waals surface area contributed by atoms with Gasteiger partial charge in [-0.1, -0.05) is 26.7 Å². The lowest BCUT2D eigenvalue weighted by molar-refractivity contribution is 0.357. The Bertz CT molecular complexity index is 879. The predicted octanol–water partition coefficient (Wildman–Crippen LogP) is 3.76. The van der Waals surface area contributed by atoms with Crippen LogP contribution in [-0.2, 0) is 20.0 Å². The van der Waals surface area contributed by atoms with Crippen LogP contribution in [0.5, 0.6) is 0 Å². The average molecular weight is 527 g/mol. The van der Waals surface area contributed by atoms with Crippen molar-refractivity contribution in [1.29, 1.82) is 21.0 Å².